The van der Waals surface area contributed by atoms with Crippen LogP contribution in [0.25, 0.3) is 0 Å². The Morgan fingerprint density at radius 3 is 2.87 bits per heavy atom. The van der Waals surface area contributed by atoms with Gasteiger partial charge in [0.2, 0.25) is 0 Å². The van der Waals surface area contributed by atoms with Gasteiger partial charge >= 0.3 is 0 Å². The van der Waals surface area contributed by atoms with E-state index in [4.69, 9.17) is 4.74 Å². The Hall–Kier alpha value is -1.06. The molecule has 1 unspecified atom stereocenters. The van der Waals surface area contributed by atoms with E-state index in [2.05, 4.69) is 5.32 Å². The molecular weight excluding hydrogens is 214 g/mol. The number of hydrogen-bond acceptors (Lipinski definition) is 3. The molecule has 1 fully saturated rings. The number of ether oxygens (including phenoxy) is 1. The highest BCUT2D eigenvalue weighted by Crippen LogP contribution is 2.23. The molecule has 1 atom stereocenters. The summed E-state index contributed by atoms with van der Waals surface area (Å²) in [5.41, 5.74) is 0.992. The van der Waals surface area contributed by atoms with Crippen molar-refractivity contribution in [3.63, 3.8) is 0 Å². The maximum Gasteiger partial charge on any atom is 0.155 e. The zero-order valence-corrected chi connectivity index (χ0v) is 9.34. The lowest BCUT2D eigenvalue weighted by Gasteiger charge is -2.10. The molecule has 1 aromatic rings. The molecule has 0 aromatic heterocycles. The van der Waals surface area contributed by atoms with Crippen molar-refractivity contribution >= 4 is 18.2 Å². The Bertz CT molecular complexity index is 354. The second kappa shape index (κ2) is 5.14. The number of carbonyl (C=O) groups excluding carboxylic acids is 1. The Balaban J connectivity index is 0.00000112. The average molecular weight is 228 g/mol. The number of halogens is 1. The van der Waals surface area contributed by atoms with Crippen molar-refractivity contribution in [3.8, 4) is 5.75 Å². The third-order valence-electron chi connectivity index (χ3n) is 2.47. The maximum absolute atomic E-state index is 11.5. The highest BCUT2D eigenvalue weighted by atomic mass is 35.5. The molecule has 1 N–H and O–H groups in total. The molecule has 2 rings (SSSR count). The van der Waals surface area contributed by atoms with Gasteiger partial charge in [-0.15, -0.1) is 12.4 Å². The second-order valence-corrected chi connectivity index (χ2v) is 3.38. The van der Waals surface area contributed by atoms with Crippen LogP contribution in [0, 0.1) is 0 Å². The van der Waals surface area contributed by atoms with Gasteiger partial charge in [0, 0.05) is 13.0 Å². The molecule has 1 aliphatic heterocycles. The molecule has 1 heterocycles. The number of Topliss-reactive ketones (excluding diaryl/α,β-unsaturated/α-hetero) is 1. The molecule has 3 nitrogen and oxygen atoms in total. The minimum Gasteiger partial charge on any atom is -0.497 e. The van der Waals surface area contributed by atoms with Crippen molar-refractivity contribution in [3.05, 3.63) is 29.8 Å². The van der Waals surface area contributed by atoms with E-state index in [0.717, 1.165) is 17.9 Å². The molecule has 0 aliphatic carbocycles. The summed E-state index contributed by atoms with van der Waals surface area (Å²) in [5, 5.41) is 3.17. The van der Waals surface area contributed by atoms with Gasteiger partial charge in [-0.1, -0.05) is 12.1 Å². The fourth-order valence-corrected chi connectivity index (χ4v) is 1.72. The van der Waals surface area contributed by atoms with Crippen LogP contribution in [0.15, 0.2) is 24.3 Å². The van der Waals surface area contributed by atoms with Crippen LogP contribution in [0.2, 0.25) is 0 Å². The second-order valence-electron chi connectivity index (χ2n) is 3.38. The summed E-state index contributed by atoms with van der Waals surface area (Å²) in [7, 11) is 1.63. The van der Waals surface area contributed by atoms with Crippen LogP contribution in [0.5, 0.6) is 5.75 Å². The molecule has 1 aromatic carbocycles. The number of methoxy groups -OCH3 is 1. The van der Waals surface area contributed by atoms with Gasteiger partial charge in [0.25, 0.3) is 0 Å². The standard InChI is InChI=1S/C11H13NO2.ClH/c1-14-9-4-2-3-8(7-9)11-10(13)5-6-12-11;/h2-4,7,11-12H,5-6H2,1H3;1H. The van der Waals surface area contributed by atoms with Gasteiger partial charge < -0.3 is 10.1 Å². The number of nitrogens with one attached hydrogen (secondary N) is 1. The van der Waals surface area contributed by atoms with Crippen LogP contribution in [0.4, 0.5) is 0 Å². The average Bonchev–Trinajstić information content (AvgIpc) is 2.65. The molecule has 4 heteroatoms. The van der Waals surface area contributed by atoms with Gasteiger partial charge in [-0.25, -0.2) is 0 Å². The predicted octanol–water partition coefficient (Wildman–Crippen LogP) is 1.72. The monoisotopic (exact) mass is 227 g/mol. The molecule has 1 aliphatic rings. The zero-order valence-electron chi connectivity index (χ0n) is 8.53. The Morgan fingerprint density at radius 1 is 1.47 bits per heavy atom. The van der Waals surface area contributed by atoms with E-state index in [1.807, 2.05) is 24.3 Å². The largest absolute Gasteiger partial charge is 0.497 e. The third kappa shape index (κ3) is 2.49. The SMILES string of the molecule is COc1cccc(C2NCCC2=O)c1.Cl. The first-order valence-electron chi connectivity index (χ1n) is 4.71. The van der Waals surface area contributed by atoms with E-state index in [9.17, 15) is 4.79 Å². The van der Waals surface area contributed by atoms with Gasteiger partial charge in [-0.2, -0.15) is 0 Å². The van der Waals surface area contributed by atoms with E-state index < -0.39 is 0 Å². The number of hydrogen-bond donors (Lipinski definition) is 1. The topological polar surface area (TPSA) is 38.3 Å². The normalized spacial score (nSPS) is 19.8. The minimum atomic E-state index is -0.134. The highest BCUT2D eigenvalue weighted by molar-refractivity contribution is 5.87. The Morgan fingerprint density at radius 2 is 2.27 bits per heavy atom. The Labute approximate surface area is 95.2 Å². The maximum atomic E-state index is 11.5. The van der Waals surface area contributed by atoms with Crippen molar-refractivity contribution in [2.75, 3.05) is 13.7 Å². The van der Waals surface area contributed by atoms with Crippen LogP contribution in [0.1, 0.15) is 18.0 Å². The van der Waals surface area contributed by atoms with Crippen molar-refractivity contribution in [2.24, 2.45) is 0 Å². The van der Waals surface area contributed by atoms with Crippen LogP contribution in [-0.2, 0) is 4.79 Å². The summed E-state index contributed by atoms with van der Waals surface area (Å²) < 4.78 is 5.11. The van der Waals surface area contributed by atoms with E-state index in [1.54, 1.807) is 7.11 Å². The van der Waals surface area contributed by atoms with Crippen molar-refractivity contribution < 1.29 is 9.53 Å². The molecule has 1 saturated heterocycles. The van der Waals surface area contributed by atoms with Gasteiger partial charge in [-0.3, -0.25) is 4.79 Å². The first-order valence-corrected chi connectivity index (χ1v) is 4.71. The summed E-state index contributed by atoms with van der Waals surface area (Å²) >= 11 is 0. The fourth-order valence-electron chi connectivity index (χ4n) is 1.72. The molecule has 0 amide bonds. The van der Waals surface area contributed by atoms with Gasteiger partial charge in [0.05, 0.1) is 13.2 Å². The lowest BCUT2D eigenvalue weighted by Crippen LogP contribution is -2.17. The lowest BCUT2D eigenvalue weighted by molar-refractivity contribution is -0.118. The zero-order chi connectivity index (χ0) is 9.97. The van der Waals surface area contributed by atoms with E-state index in [1.165, 1.54) is 0 Å². The molecule has 0 spiro atoms. The first-order chi connectivity index (χ1) is 6.81. The smallest absolute Gasteiger partial charge is 0.155 e. The molecule has 15 heavy (non-hydrogen) atoms. The van der Waals surface area contributed by atoms with E-state index in [0.29, 0.717) is 6.42 Å². The van der Waals surface area contributed by atoms with E-state index in [-0.39, 0.29) is 24.2 Å². The van der Waals surface area contributed by atoms with Gasteiger partial charge in [0.15, 0.2) is 5.78 Å². The quantitative estimate of drug-likeness (QED) is 0.836. The van der Waals surface area contributed by atoms with Crippen LogP contribution in [0.3, 0.4) is 0 Å². The number of benzene rings is 1. The summed E-state index contributed by atoms with van der Waals surface area (Å²) in [6.45, 7) is 0.778. The number of rotatable bonds is 2. The van der Waals surface area contributed by atoms with E-state index >= 15 is 0 Å². The molecular formula is C11H14ClNO2. The van der Waals surface area contributed by atoms with Crippen molar-refractivity contribution in [1.29, 1.82) is 0 Å². The fraction of sp³-hybridized carbons (Fsp3) is 0.364. The van der Waals surface area contributed by atoms with Gasteiger partial charge in [0.1, 0.15) is 5.75 Å². The first kappa shape index (κ1) is 12.0. The summed E-state index contributed by atoms with van der Waals surface area (Å²) in [5.74, 6) is 1.06. The minimum absolute atomic E-state index is 0. The summed E-state index contributed by atoms with van der Waals surface area (Å²) in [4.78, 5) is 11.5. The highest BCUT2D eigenvalue weighted by Gasteiger charge is 2.25. The number of carbonyl (C=O) groups is 1. The molecule has 0 bridgehead atoms. The van der Waals surface area contributed by atoms with Crippen LogP contribution >= 0.6 is 12.4 Å². The summed E-state index contributed by atoms with van der Waals surface area (Å²) in [6, 6.07) is 7.50. The molecule has 82 valence electrons. The van der Waals surface area contributed by atoms with Crippen LogP contribution < -0.4 is 10.1 Å². The van der Waals surface area contributed by atoms with Crippen molar-refractivity contribution in [2.45, 2.75) is 12.5 Å². The third-order valence-corrected chi connectivity index (χ3v) is 2.47. The summed E-state index contributed by atoms with van der Waals surface area (Å²) in [6.07, 6.45) is 0.627. The molecule has 0 radical (unpaired) electrons. The van der Waals surface area contributed by atoms with Crippen molar-refractivity contribution in [1.82, 2.24) is 5.32 Å². The number of ketones is 1. The van der Waals surface area contributed by atoms with Crippen LogP contribution in [-0.4, -0.2) is 19.4 Å². The predicted molar refractivity (Wildman–Crippen MR) is 60.6 cm³/mol. The van der Waals surface area contributed by atoms with Gasteiger partial charge in [-0.05, 0) is 17.7 Å². The Kier molecular flexibility index (Phi) is 4.12. The lowest BCUT2D eigenvalue weighted by atomic mass is 10.0. The molecule has 0 saturated carbocycles.